The zero-order valence-corrected chi connectivity index (χ0v) is 12.0. The van der Waals surface area contributed by atoms with Gasteiger partial charge in [-0.05, 0) is 43.2 Å². The van der Waals surface area contributed by atoms with Crippen LogP contribution in [0.1, 0.15) is 50.0 Å². The van der Waals surface area contributed by atoms with Crippen molar-refractivity contribution in [1.29, 1.82) is 0 Å². The summed E-state index contributed by atoms with van der Waals surface area (Å²) >= 11 is 0. The summed E-state index contributed by atoms with van der Waals surface area (Å²) in [5, 5.41) is 22.5. The molecule has 0 aromatic carbocycles. The van der Waals surface area contributed by atoms with Crippen LogP contribution in [0.15, 0.2) is 18.3 Å². The molecule has 3 N–H and O–H groups in total. The van der Waals surface area contributed by atoms with Gasteiger partial charge in [0.25, 0.3) is 0 Å². The number of rotatable bonds is 4. The van der Waals surface area contributed by atoms with E-state index in [1.807, 2.05) is 0 Å². The molecule has 0 atom stereocenters. The third kappa shape index (κ3) is 3.70. The maximum atomic E-state index is 10.7. The van der Waals surface area contributed by atoms with Crippen molar-refractivity contribution in [2.24, 2.45) is 5.41 Å². The Labute approximate surface area is 119 Å². The van der Waals surface area contributed by atoms with E-state index in [2.05, 4.69) is 24.1 Å². The Morgan fingerprint density at radius 1 is 1.30 bits per heavy atom. The summed E-state index contributed by atoms with van der Waals surface area (Å²) in [5.41, 5.74) is 0.389. The number of aromatic nitrogens is 1. The fourth-order valence-electron chi connectivity index (χ4n) is 2.46. The van der Waals surface area contributed by atoms with Gasteiger partial charge in [0.2, 0.25) is 0 Å². The van der Waals surface area contributed by atoms with E-state index >= 15 is 0 Å². The molecule has 1 aromatic rings. The Morgan fingerprint density at radius 3 is 2.45 bits per heavy atom. The smallest absolute Gasteiger partial charge is 0.354 e. The van der Waals surface area contributed by atoms with Crippen LogP contribution >= 0.6 is 0 Å². The molecule has 0 bridgehead atoms. The first kappa shape index (κ1) is 14.8. The zero-order valence-electron chi connectivity index (χ0n) is 12.0. The van der Waals surface area contributed by atoms with Crippen molar-refractivity contribution >= 4 is 11.7 Å². The zero-order chi connectivity index (χ0) is 14.8. The number of pyridine rings is 1. The maximum absolute atomic E-state index is 10.7. The Morgan fingerprint density at radius 2 is 1.95 bits per heavy atom. The van der Waals surface area contributed by atoms with Crippen LogP contribution in [-0.2, 0) is 0 Å². The summed E-state index contributed by atoms with van der Waals surface area (Å²) in [4.78, 5) is 14.6. The molecule has 0 unspecified atom stereocenters. The Hall–Kier alpha value is -1.62. The van der Waals surface area contributed by atoms with Crippen molar-refractivity contribution in [3.63, 3.8) is 0 Å². The lowest BCUT2D eigenvalue weighted by Crippen LogP contribution is -2.42. The van der Waals surface area contributed by atoms with E-state index in [4.69, 9.17) is 5.11 Å². The topological polar surface area (TPSA) is 82.5 Å². The highest BCUT2D eigenvalue weighted by Gasteiger charge is 2.36. The average Bonchev–Trinajstić information content (AvgIpc) is 2.41. The van der Waals surface area contributed by atoms with Crippen molar-refractivity contribution in [2.45, 2.75) is 45.1 Å². The minimum atomic E-state index is -1.04. The quantitative estimate of drug-likeness (QED) is 0.788. The average molecular weight is 278 g/mol. The lowest BCUT2D eigenvalue weighted by molar-refractivity contribution is -0.0145. The fourth-order valence-corrected chi connectivity index (χ4v) is 2.46. The molecule has 2 rings (SSSR count). The molecule has 20 heavy (non-hydrogen) atoms. The van der Waals surface area contributed by atoms with Gasteiger partial charge in [0.15, 0.2) is 0 Å². The second kappa shape index (κ2) is 5.40. The highest BCUT2D eigenvalue weighted by atomic mass is 16.4. The summed E-state index contributed by atoms with van der Waals surface area (Å²) in [6.07, 6.45) is 5.09. The van der Waals surface area contributed by atoms with Gasteiger partial charge in [-0.2, -0.15) is 0 Å². The predicted molar refractivity (Wildman–Crippen MR) is 76.9 cm³/mol. The summed E-state index contributed by atoms with van der Waals surface area (Å²) < 4.78 is 0. The number of hydrogen-bond acceptors (Lipinski definition) is 4. The third-order valence-electron chi connectivity index (χ3n) is 4.14. The van der Waals surface area contributed by atoms with Crippen molar-refractivity contribution in [3.8, 4) is 0 Å². The number of nitrogens with one attached hydrogen (secondary N) is 1. The molecule has 1 aromatic heterocycles. The second-order valence-electron chi connectivity index (χ2n) is 6.48. The van der Waals surface area contributed by atoms with Gasteiger partial charge < -0.3 is 15.5 Å². The van der Waals surface area contributed by atoms with Gasteiger partial charge in [-0.25, -0.2) is 9.78 Å². The van der Waals surface area contributed by atoms with E-state index in [9.17, 15) is 9.90 Å². The number of anilines is 1. The Kier molecular flexibility index (Phi) is 3.99. The van der Waals surface area contributed by atoms with Crippen molar-refractivity contribution < 1.29 is 15.0 Å². The summed E-state index contributed by atoms with van der Waals surface area (Å²) in [5.74, 6) is -1.04. The number of hydrogen-bond donors (Lipinski definition) is 3. The van der Waals surface area contributed by atoms with Gasteiger partial charge in [0.1, 0.15) is 5.69 Å². The van der Waals surface area contributed by atoms with E-state index in [1.165, 1.54) is 12.3 Å². The van der Waals surface area contributed by atoms with Crippen LogP contribution in [-0.4, -0.2) is 33.3 Å². The van der Waals surface area contributed by atoms with Crippen LogP contribution in [0.5, 0.6) is 0 Å². The van der Waals surface area contributed by atoms with Gasteiger partial charge >= 0.3 is 5.97 Å². The molecule has 1 aliphatic carbocycles. The van der Waals surface area contributed by atoms with E-state index < -0.39 is 11.6 Å². The highest BCUT2D eigenvalue weighted by Crippen LogP contribution is 2.40. The minimum absolute atomic E-state index is 0.0219. The Bertz CT molecular complexity index is 472. The summed E-state index contributed by atoms with van der Waals surface area (Å²) in [6, 6.07) is 3.13. The number of carboxylic acid groups (broad SMARTS) is 1. The molecule has 1 heterocycles. The number of aromatic carboxylic acids is 1. The molecule has 0 radical (unpaired) electrons. The number of nitrogens with zero attached hydrogens (tertiary/aromatic N) is 1. The first-order valence-corrected chi connectivity index (χ1v) is 6.95. The van der Waals surface area contributed by atoms with Crippen molar-refractivity contribution in [3.05, 3.63) is 24.0 Å². The van der Waals surface area contributed by atoms with Crippen LogP contribution in [0.2, 0.25) is 0 Å². The van der Waals surface area contributed by atoms with Crippen LogP contribution in [0, 0.1) is 5.41 Å². The molecular formula is C15H22N2O3. The van der Waals surface area contributed by atoms with Gasteiger partial charge in [-0.15, -0.1) is 0 Å². The second-order valence-corrected chi connectivity index (χ2v) is 6.48. The highest BCUT2D eigenvalue weighted by molar-refractivity contribution is 5.85. The largest absolute Gasteiger partial charge is 0.477 e. The number of carboxylic acids is 1. The fraction of sp³-hybridized carbons (Fsp3) is 0.600. The van der Waals surface area contributed by atoms with Gasteiger partial charge in [-0.3, -0.25) is 0 Å². The van der Waals surface area contributed by atoms with E-state index in [1.54, 1.807) is 6.07 Å². The number of carbonyl (C=O) groups is 1. The maximum Gasteiger partial charge on any atom is 0.354 e. The van der Waals surface area contributed by atoms with Crippen LogP contribution in [0.25, 0.3) is 0 Å². The van der Waals surface area contributed by atoms with E-state index in [0.717, 1.165) is 31.4 Å². The third-order valence-corrected chi connectivity index (χ3v) is 4.14. The lowest BCUT2D eigenvalue weighted by Gasteiger charge is -2.40. The molecular weight excluding hydrogens is 256 g/mol. The number of aliphatic hydroxyl groups is 1. The van der Waals surface area contributed by atoms with Crippen LogP contribution in [0.3, 0.4) is 0 Å². The molecule has 5 nitrogen and oxygen atoms in total. The predicted octanol–water partition coefficient (Wildman–Crippen LogP) is 2.52. The summed E-state index contributed by atoms with van der Waals surface area (Å²) in [6.45, 7) is 4.93. The molecule has 5 heteroatoms. The van der Waals surface area contributed by atoms with Crippen molar-refractivity contribution in [1.82, 2.24) is 4.98 Å². The standard InChI is InChI=1S/C15H22N2O3/c1-14(2)5-7-15(20,8-6-14)10-17-11-3-4-12(13(18)19)16-9-11/h3-4,9,17,20H,5-8,10H2,1-2H3,(H,18,19). The molecule has 1 aliphatic rings. The molecule has 0 saturated heterocycles. The first-order valence-electron chi connectivity index (χ1n) is 6.95. The molecule has 0 spiro atoms. The molecule has 1 saturated carbocycles. The first-order chi connectivity index (χ1) is 9.30. The van der Waals surface area contributed by atoms with Gasteiger partial charge in [-0.1, -0.05) is 13.8 Å². The SMILES string of the molecule is CC1(C)CCC(O)(CNc2ccc(C(=O)O)nc2)CC1. The Balaban J connectivity index is 1.90. The van der Waals surface area contributed by atoms with Crippen LogP contribution < -0.4 is 5.32 Å². The molecule has 0 amide bonds. The van der Waals surface area contributed by atoms with Crippen molar-refractivity contribution in [2.75, 3.05) is 11.9 Å². The van der Waals surface area contributed by atoms with E-state index in [0.29, 0.717) is 12.0 Å². The summed E-state index contributed by atoms with van der Waals surface area (Å²) in [7, 11) is 0. The molecule has 1 fully saturated rings. The van der Waals surface area contributed by atoms with E-state index in [-0.39, 0.29) is 5.69 Å². The molecule has 110 valence electrons. The van der Waals surface area contributed by atoms with Gasteiger partial charge in [0.05, 0.1) is 17.5 Å². The van der Waals surface area contributed by atoms with Crippen LogP contribution in [0.4, 0.5) is 5.69 Å². The minimum Gasteiger partial charge on any atom is -0.477 e. The lowest BCUT2D eigenvalue weighted by atomic mass is 9.71. The monoisotopic (exact) mass is 278 g/mol. The molecule has 0 aliphatic heterocycles. The normalized spacial score (nSPS) is 20.4. The van der Waals surface area contributed by atoms with Gasteiger partial charge in [0, 0.05) is 6.54 Å².